The van der Waals surface area contributed by atoms with E-state index in [-0.39, 0.29) is 0 Å². The van der Waals surface area contributed by atoms with Crippen molar-refractivity contribution in [1.29, 1.82) is 0 Å². The van der Waals surface area contributed by atoms with Gasteiger partial charge in [0.05, 0.1) is 6.20 Å². The molecule has 1 aliphatic carbocycles. The van der Waals surface area contributed by atoms with Gasteiger partial charge in [0.1, 0.15) is 0 Å². The molecule has 1 saturated carbocycles. The summed E-state index contributed by atoms with van der Waals surface area (Å²) in [7, 11) is 2.02. The minimum Gasteiger partial charge on any atom is -0.316 e. The number of nitrogens with zero attached hydrogens (tertiary/aromatic N) is 2. The highest BCUT2D eigenvalue weighted by molar-refractivity contribution is 5.14. The molecule has 3 heteroatoms. The van der Waals surface area contributed by atoms with Crippen LogP contribution in [0.2, 0.25) is 0 Å². The van der Waals surface area contributed by atoms with Crippen LogP contribution in [0.1, 0.15) is 57.9 Å². The van der Waals surface area contributed by atoms with Gasteiger partial charge in [-0.3, -0.25) is 4.68 Å². The van der Waals surface area contributed by atoms with Gasteiger partial charge < -0.3 is 5.32 Å². The van der Waals surface area contributed by atoms with Gasteiger partial charge in [-0.2, -0.15) is 5.10 Å². The van der Waals surface area contributed by atoms with Gasteiger partial charge in [0.2, 0.25) is 0 Å². The molecule has 3 atom stereocenters. The highest BCUT2D eigenvalue weighted by Gasteiger charge is 2.33. The van der Waals surface area contributed by atoms with Crippen LogP contribution in [0.15, 0.2) is 12.4 Å². The molecule has 114 valence electrons. The predicted molar refractivity (Wildman–Crippen MR) is 84.8 cm³/mol. The van der Waals surface area contributed by atoms with Gasteiger partial charge >= 0.3 is 0 Å². The molecule has 1 aromatic heterocycles. The molecule has 3 unspecified atom stereocenters. The first kappa shape index (κ1) is 15.6. The summed E-state index contributed by atoms with van der Waals surface area (Å²) >= 11 is 0. The third kappa shape index (κ3) is 3.85. The van der Waals surface area contributed by atoms with Crippen LogP contribution in [0.4, 0.5) is 0 Å². The topological polar surface area (TPSA) is 29.9 Å². The van der Waals surface area contributed by atoms with Crippen LogP contribution in [0, 0.1) is 17.8 Å². The Bertz CT molecular complexity index is 397. The lowest BCUT2D eigenvalue weighted by molar-refractivity contribution is 0.190. The van der Waals surface area contributed by atoms with Gasteiger partial charge in [-0.05, 0) is 68.0 Å². The molecule has 0 spiro atoms. The smallest absolute Gasteiger partial charge is 0.0524 e. The van der Waals surface area contributed by atoms with Crippen LogP contribution < -0.4 is 5.32 Å². The van der Waals surface area contributed by atoms with E-state index in [9.17, 15) is 0 Å². The van der Waals surface area contributed by atoms with Crippen molar-refractivity contribution in [3.05, 3.63) is 18.0 Å². The molecule has 0 amide bonds. The maximum Gasteiger partial charge on any atom is 0.0524 e. The standard InChI is InChI=1S/C17H31N3/c1-5-8-18-10-15-7-6-14(13(2)3)9-17(15)16-11-19-20(4)12-16/h11-15,17-18H,5-10H2,1-4H3. The van der Waals surface area contributed by atoms with Gasteiger partial charge in [0, 0.05) is 13.2 Å². The number of aryl methyl sites for hydroxylation is 1. The SMILES string of the molecule is CCCNCC1CCC(C(C)C)CC1c1cnn(C)c1. The van der Waals surface area contributed by atoms with Crippen molar-refractivity contribution in [3.63, 3.8) is 0 Å². The van der Waals surface area contributed by atoms with E-state index in [1.807, 2.05) is 11.7 Å². The summed E-state index contributed by atoms with van der Waals surface area (Å²) in [6, 6.07) is 0. The van der Waals surface area contributed by atoms with E-state index in [1.165, 1.54) is 31.2 Å². The molecule has 20 heavy (non-hydrogen) atoms. The fourth-order valence-corrected chi connectivity index (χ4v) is 3.62. The second kappa shape index (κ2) is 7.26. The zero-order valence-electron chi connectivity index (χ0n) is 13.6. The zero-order valence-corrected chi connectivity index (χ0v) is 13.6. The first-order chi connectivity index (χ1) is 9.61. The Hall–Kier alpha value is -0.830. The van der Waals surface area contributed by atoms with Gasteiger partial charge in [-0.1, -0.05) is 20.8 Å². The highest BCUT2D eigenvalue weighted by atomic mass is 15.2. The van der Waals surface area contributed by atoms with E-state index in [2.05, 4.69) is 43.6 Å². The highest BCUT2D eigenvalue weighted by Crippen LogP contribution is 2.42. The first-order valence-electron chi connectivity index (χ1n) is 8.31. The molecule has 0 bridgehead atoms. The molecule has 1 aromatic rings. The van der Waals surface area contributed by atoms with Crippen molar-refractivity contribution in [2.24, 2.45) is 24.8 Å². The Morgan fingerprint density at radius 2 is 2.20 bits per heavy atom. The van der Waals surface area contributed by atoms with E-state index in [0.717, 1.165) is 30.8 Å². The predicted octanol–water partition coefficient (Wildman–Crippen LogP) is 3.58. The quantitative estimate of drug-likeness (QED) is 0.806. The van der Waals surface area contributed by atoms with Gasteiger partial charge in [0.15, 0.2) is 0 Å². The van der Waals surface area contributed by atoms with E-state index in [1.54, 1.807) is 0 Å². The Balaban J connectivity index is 2.05. The summed E-state index contributed by atoms with van der Waals surface area (Å²) in [6.45, 7) is 9.30. The summed E-state index contributed by atoms with van der Waals surface area (Å²) in [5, 5.41) is 8.02. The Kier molecular flexibility index (Phi) is 5.64. The average molecular weight is 277 g/mol. The fourth-order valence-electron chi connectivity index (χ4n) is 3.62. The van der Waals surface area contributed by atoms with Gasteiger partial charge in [-0.25, -0.2) is 0 Å². The van der Waals surface area contributed by atoms with Crippen LogP contribution >= 0.6 is 0 Å². The molecule has 1 aliphatic rings. The monoisotopic (exact) mass is 277 g/mol. The Labute approximate surface area is 124 Å². The minimum absolute atomic E-state index is 0.689. The Morgan fingerprint density at radius 1 is 1.40 bits per heavy atom. The molecule has 1 fully saturated rings. The second-order valence-electron chi connectivity index (χ2n) is 6.84. The maximum atomic E-state index is 4.39. The number of nitrogens with one attached hydrogen (secondary N) is 1. The number of hydrogen-bond donors (Lipinski definition) is 1. The third-order valence-electron chi connectivity index (χ3n) is 4.96. The van der Waals surface area contributed by atoms with Crippen LogP contribution in [0.3, 0.4) is 0 Å². The molecule has 0 radical (unpaired) electrons. The lowest BCUT2D eigenvalue weighted by Crippen LogP contribution is -2.33. The third-order valence-corrected chi connectivity index (χ3v) is 4.96. The zero-order chi connectivity index (χ0) is 14.5. The van der Waals surface area contributed by atoms with Crippen molar-refractivity contribution in [1.82, 2.24) is 15.1 Å². The Morgan fingerprint density at radius 3 is 2.80 bits per heavy atom. The van der Waals surface area contributed by atoms with Crippen LogP contribution in [-0.2, 0) is 7.05 Å². The fraction of sp³-hybridized carbons (Fsp3) is 0.824. The maximum absolute atomic E-state index is 4.39. The molecular formula is C17H31N3. The van der Waals surface area contributed by atoms with Crippen molar-refractivity contribution in [2.75, 3.05) is 13.1 Å². The normalized spacial score (nSPS) is 27.1. The van der Waals surface area contributed by atoms with Crippen LogP contribution in [-0.4, -0.2) is 22.9 Å². The molecule has 0 saturated heterocycles. The number of aromatic nitrogens is 2. The van der Waals surface area contributed by atoms with Crippen LogP contribution in [0.25, 0.3) is 0 Å². The molecular weight excluding hydrogens is 246 g/mol. The van der Waals surface area contributed by atoms with E-state index in [0.29, 0.717) is 5.92 Å². The first-order valence-corrected chi connectivity index (χ1v) is 8.31. The second-order valence-corrected chi connectivity index (χ2v) is 6.84. The van der Waals surface area contributed by atoms with Gasteiger partial charge in [-0.15, -0.1) is 0 Å². The van der Waals surface area contributed by atoms with E-state index < -0.39 is 0 Å². The summed E-state index contributed by atoms with van der Waals surface area (Å²) in [4.78, 5) is 0. The molecule has 0 aromatic carbocycles. The minimum atomic E-state index is 0.689. The molecule has 3 nitrogen and oxygen atoms in total. The molecule has 0 aliphatic heterocycles. The molecule has 2 rings (SSSR count). The lowest BCUT2D eigenvalue weighted by Gasteiger charge is -2.37. The van der Waals surface area contributed by atoms with Crippen molar-refractivity contribution in [2.45, 2.75) is 52.4 Å². The molecule has 1 N–H and O–H groups in total. The van der Waals surface area contributed by atoms with Crippen molar-refractivity contribution >= 4 is 0 Å². The summed E-state index contributed by atoms with van der Waals surface area (Å²) in [5.41, 5.74) is 1.45. The summed E-state index contributed by atoms with van der Waals surface area (Å²) in [5.74, 6) is 3.15. The number of hydrogen-bond acceptors (Lipinski definition) is 2. The van der Waals surface area contributed by atoms with Crippen molar-refractivity contribution in [3.8, 4) is 0 Å². The summed E-state index contributed by atoms with van der Waals surface area (Å²) < 4.78 is 1.95. The van der Waals surface area contributed by atoms with Gasteiger partial charge in [0.25, 0.3) is 0 Å². The van der Waals surface area contributed by atoms with E-state index >= 15 is 0 Å². The van der Waals surface area contributed by atoms with E-state index in [4.69, 9.17) is 0 Å². The largest absolute Gasteiger partial charge is 0.316 e. The van der Waals surface area contributed by atoms with Crippen molar-refractivity contribution < 1.29 is 0 Å². The average Bonchev–Trinajstić information content (AvgIpc) is 2.85. The molecule has 1 heterocycles. The number of rotatable bonds is 6. The lowest BCUT2D eigenvalue weighted by atomic mass is 9.68. The summed E-state index contributed by atoms with van der Waals surface area (Å²) in [6.07, 6.45) is 9.62. The van der Waals surface area contributed by atoms with Crippen LogP contribution in [0.5, 0.6) is 0 Å².